The molecule has 1 unspecified atom stereocenters. The lowest BCUT2D eigenvalue weighted by atomic mass is 9.93. The summed E-state index contributed by atoms with van der Waals surface area (Å²) in [4.78, 5) is 8.53. The Morgan fingerprint density at radius 3 is 2.57 bits per heavy atom. The van der Waals surface area contributed by atoms with Gasteiger partial charge in [0.15, 0.2) is 0 Å². The number of hydrogen-bond acceptors (Lipinski definition) is 5. The topological polar surface area (TPSA) is 72.0 Å². The molecule has 0 saturated carbocycles. The highest BCUT2D eigenvalue weighted by Gasteiger charge is 2.23. The van der Waals surface area contributed by atoms with E-state index in [1.165, 1.54) is 23.6 Å². The van der Waals surface area contributed by atoms with Gasteiger partial charge in [0.2, 0.25) is 10.0 Å². The number of hydrogen-bond donors (Lipinski definition) is 1. The van der Waals surface area contributed by atoms with Gasteiger partial charge in [0.25, 0.3) is 0 Å². The van der Waals surface area contributed by atoms with Crippen LogP contribution in [0.15, 0.2) is 34.8 Å². The minimum Gasteiger partial charge on any atom is -0.263 e. The molecule has 0 aromatic carbocycles. The average molecular weight is 325 g/mol. The van der Waals surface area contributed by atoms with Crippen molar-refractivity contribution in [3.05, 3.63) is 40.6 Å². The molecule has 7 heteroatoms. The normalized spacial score (nSPS) is 14.1. The van der Waals surface area contributed by atoms with Crippen LogP contribution in [0.5, 0.6) is 0 Å². The van der Waals surface area contributed by atoms with Gasteiger partial charge in [-0.25, -0.2) is 18.1 Å². The Bertz CT molecular complexity index is 703. The lowest BCUT2D eigenvalue weighted by Gasteiger charge is -2.15. The van der Waals surface area contributed by atoms with Gasteiger partial charge in [0.1, 0.15) is 9.90 Å². The molecule has 2 rings (SSSR count). The summed E-state index contributed by atoms with van der Waals surface area (Å²) >= 11 is 1.47. The second-order valence-corrected chi connectivity index (χ2v) is 8.46. The second-order valence-electron chi connectivity index (χ2n) is 5.85. The van der Waals surface area contributed by atoms with E-state index in [-0.39, 0.29) is 16.4 Å². The van der Waals surface area contributed by atoms with Gasteiger partial charge in [-0.3, -0.25) is 4.98 Å². The molecule has 0 bridgehead atoms. The Morgan fingerprint density at radius 1 is 1.33 bits per heavy atom. The van der Waals surface area contributed by atoms with E-state index in [1.807, 2.05) is 5.38 Å². The summed E-state index contributed by atoms with van der Waals surface area (Å²) in [5.74, 6) is 0. The third-order valence-corrected chi connectivity index (χ3v) is 5.49. The maximum absolute atomic E-state index is 12.2. The molecule has 21 heavy (non-hydrogen) atoms. The molecule has 2 heterocycles. The lowest BCUT2D eigenvalue weighted by Crippen LogP contribution is -2.27. The zero-order valence-electron chi connectivity index (χ0n) is 12.5. The molecule has 0 fully saturated rings. The highest BCUT2D eigenvalue weighted by atomic mass is 32.2. The second kappa shape index (κ2) is 5.82. The number of nitrogens with zero attached hydrogens (tertiary/aromatic N) is 2. The fourth-order valence-corrected chi connectivity index (χ4v) is 3.99. The Balaban J connectivity index is 2.18. The minimum absolute atomic E-state index is 0.0449. The summed E-state index contributed by atoms with van der Waals surface area (Å²) in [5, 5.41) is 2.73. The average Bonchev–Trinajstić information content (AvgIpc) is 2.89. The van der Waals surface area contributed by atoms with Crippen LogP contribution in [0.4, 0.5) is 0 Å². The van der Waals surface area contributed by atoms with Crippen molar-refractivity contribution < 1.29 is 8.42 Å². The predicted molar refractivity (Wildman–Crippen MR) is 83.8 cm³/mol. The van der Waals surface area contributed by atoms with E-state index in [1.54, 1.807) is 19.2 Å². The summed E-state index contributed by atoms with van der Waals surface area (Å²) in [6.45, 7) is 8.03. The van der Waals surface area contributed by atoms with Crippen LogP contribution in [-0.2, 0) is 15.4 Å². The predicted octanol–water partition coefficient (Wildman–Crippen LogP) is 2.88. The van der Waals surface area contributed by atoms with Crippen molar-refractivity contribution in [2.45, 2.75) is 44.0 Å². The first-order valence-corrected chi connectivity index (χ1v) is 8.95. The van der Waals surface area contributed by atoms with Crippen molar-refractivity contribution in [3.63, 3.8) is 0 Å². The van der Waals surface area contributed by atoms with Crippen LogP contribution in [0, 0.1) is 0 Å². The van der Waals surface area contributed by atoms with Crippen molar-refractivity contribution in [1.29, 1.82) is 0 Å². The van der Waals surface area contributed by atoms with Crippen molar-refractivity contribution in [2.75, 3.05) is 0 Å². The zero-order chi connectivity index (χ0) is 15.7. The summed E-state index contributed by atoms with van der Waals surface area (Å²) in [5.41, 5.74) is 0.923. The largest absolute Gasteiger partial charge is 0.263 e. The van der Waals surface area contributed by atoms with E-state index in [0.717, 1.165) is 10.7 Å². The van der Waals surface area contributed by atoms with Gasteiger partial charge in [-0.2, -0.15) is 0 Å². The molecule has 2 aromatic rings. The molecule has 0 aliphatic rings. The number of nitrogens with one attached hydrogen (secondary N) is 1. The summed E-state index contributed by atoms with van der Waals surface area (Å²) in [7, 11) is -3.58. The van der Waals surface area contributed by atoms with Crippen LogP contribution in [-0.4, -0.2) is 18.4 Å². The maximum atomic E-state index is 12.2. The maximum Gasteiger partial charge on any atom is 0.242 e. The van der Waals surface area contributed by atoms with Gasteiger partial charge >= 0.3 is 0 Å². The molecule has 0 amide bonds. The minimum atomic E-state index is -3.58. The van der Waals surface area contributed by atoms with Gasteiger partial charge < -0.3 is 0 Å². The Morgan fingerprint density at radius 2 is 2.05 bits per heavy atom. The quantitative estimate of drug-likeness (QED) is 0.938. The van der Waals surface area contributed by atoms with Gasteiger partial charge in [0.05, 0.1) is 11.7 Å². The summed E-state index contributed by atoms with van der Waals surface area (Å²) in [6.07, 6.45) is 2.87. The fourth-order valence-electron chi connectivity index (χ4n) is 1.69. The molecule has 114 valence electrons. The number of rotatable bonds is 4. The Hall–Kier alpha value is -1.31. The zero-order valence-corrected chi connectivity index (χ0v) is 14.1. The molecule has 0 aliphatic heterocycles. The van der Waals surface area contributed by atoms with E-state index in [0.29, 0.717) is 0 Å². The van der Waals surface area contributed by atoms with Crippen LogP contribution in [0.1, 0.15) is 44.4 Å². The first-order valence-electron chi connectivity index (χ1n) is 6.58. The molecule has 1 N–H and O–H groups in total. The summed E-state index contributed by atoms with van der Waals surface area (Å²) < 4.78 is 27.1. The van der Waals surface area contributed by atoms with Crippen LogP contribution in [0.3, 0.4) is 0 Å². The highest BCUT2D eigenvalue weighted by Crippen LogP contribution is 2.27. The van der Waals surface area contributed by atoms with E-state index < -0.39 is 10.0 Å². The van der Waals surface area contributed by atoms with E-state index >= 15 is 0 Å². The first-order chi connectivity index (χ1) is 9.70. The van der Waals surface area contributed by atoms with E-state index in [4.69, 9.17) is 0 Å². The molecule has 2 aromatic heterocycles. The molecular formula is C14H19N3O2S2. The van der Waals surface area contributed by atoms with Crippen molar-refractivity contribution in [1.82, 2.24) is 14.7 Å². The number of thiazole rings is 1. The van der Waals surface area contributed by atoms with Gasteiger partial charge in [-0.1, -0.05) is 20.8 Å². The molecule has 0 radical (unpaired) electrons. The third kappa shape index (κ3) is 3.87. The monoisotopic (exact) mass is 325 g/mol. The number of sulfonamides is 1. The molecule has 0 aliphatic carbocycles. The van der Waals surface area contributed by atoms with E-state index in [9.17, 15) is 8.42 Å². The van der Waals surface area contributed by atoms with Gasteiger partial charge in [-0.05, 0) is 19.1 Å². The molecule has 5 nitrogen and oxygen atoms in total. The number of aromatic nitrogens is 2. The van der Waals surface area contributed by atoms with Crippen molar-refractivity contribution >= 4 is 21.4 Å². The van der Waals surface area contributed by atoms with Crippen LogP contribution in [0.25, 0.3) is 0 Å². The molecular weight excluding hydrogens is 306 g/mol. The van der Waals surface area contributed by atoms with E-state index in [2.05, 4.69) is 35.5 Å². The van der Waals surface area contributed by atoms with Crippen LogP contribution < -0.4 is 4.72 Å². The lowest BCUT2D eigenvalue weighted by molar-refractivity contribution is 0.556. The van der Waals surface area contributed by atoms with Crippen LogP contribution in [0.2, 0.25) is 0 Å². The van der Waals surface area contributed by atoms with Gasteiger partial charge in [-0.15, -0.1) is 11.3 Å². The smallest absolute Gasteiger partial charge is 0.242 e. The summed E-state index contributed by atoms with van der Waals surface area (Å²) in [6, 6.07) is 2.74. The number of pyridine rings is 1. The van der Waals surface area contributed by atoms with Crippen LogP contribution >= 0.6 is 11.3 Å². The van der Waals surface area contributed by atoms with Gasteiger partial charge in [0, 0.05) is 23.2 Å². The first kappa shape index (κ1) is 16.1. The molecule has 0 spiro atoms. The molecule has 0 saturated heterocycles. The third-order valence-electron chi connectivity index (χ3n) is 2.94. The SMILES string of the molecule is CC(NS(=O)(=O)c1cccnc1)c1nc(C(C)(C)C)cs1. The molecule has 1 atom stereocenters. The Labute approximate surface area is 129 Å². The fraction of sp³-hybridized carbons (Fsp3) is 0.429. The van der Waals surface area contributed by atoms with Crippen molar-refractivity contribution in [2.24, 2.45) is 0 Å². The highest BCUT2D eigenvalue weighted by molar-refractivity contribution is 7.89. The van der Waals surface area contributed by atoms with Crippen molar-refractivity contribution in [3.8, 4) is 0 Å². The Kier molecular flexibility index (Phi) is 4.46. The standard InChI is InChI=1S/C14H19N3O2S2/c1-10(13-16-12(9-20-13)14(2,3)4)17-21(18,19)11-6-5-7-15-8-11/h5-10,17H,1-4H3.